The van der Waals surface area contributed by atoms with E-state index in [1.807, 2.05) is 36.4 Å². The Kier molecular flexibility index (Phi) is 8.47. The van der Waals surface area contributed by atoms with Crippen molar-refractivity contribution in [1.29, 1.82) is 0 Å². The van der Waals surface area contributed by atoms with E-state index in [2.05, 4.69) is 12.2 Å². The molecule has 6 nitrogen and oxygen atoms in total. The molecule has 0 aliphatic carbocycles. The predicted octanol–water partition coefficient (Wildman–Crippen LogP) is 4.12. The van der Waals surface area contributed by atoms with Crippen LogP contribution in [-0.2, 0) is 16.0 Å². The van der Waals surface area contributed by atoms with Crippen LogP contribution in [0.4, 0.5) is 5.69 Å². The van der Waals surface area contributed by atoms with Crippen molar-refractivity contribution in [2.75, 3.05) is 25.2 Å². The van der Waals surface area contributed by atoms with Gasteiger partial charge in [0.15, 0.2) is 0 Å². The van der Waals surface area contributed by atoms with Crippen LogP contribution >= 0.6 is 0 Å². The summed E-state index contributed by atoms with van der Waals surface area (Å²) in [5.74, 6) is 1.19. The van der Waals surface area contributed by atoms with Gasteiger partial charge in [-0.1, -0.05) is 38.3 Å². The summed E-state index contributed by atoms with van der Waals surface area (Å²) in [5.41, 5.74) is 1.74. The maximum atomic E-state index is 12.8. The Morgan fingerprint density at radius 2 is 1.68 bits per heavy atom. The van der Waals surface area contributed by atoms with E-state index in [1.165, 1.54) is 17.7 Å². The Morgan fingerprint density at radius 3 is 2.35 bits per heavy atom. The van der Waals surface area contributed by atoms with E-state index in [0.717, 1.165) is 36.3 Å². The molecule has 1 unspecified atom stereocenters. The molecule has 31 heavy (non-hydrogen) atoms. The first kappa shape index (κ1) is 22.8. The maximum Gasteiger partial charge on any atom is 0.251 e. The van der Waals surface area contributed by atoms with Gasteiger partial charge < -0.3 is 14.8 Å². The lowest BCUT2D eigenvalue weighted by molar-refractivity contribution is -0.121. The van der Waals surface area contributed by atoms with Crippen molar-refractivity contribution in [3.05, 3.63) is 54.1 Å². The zero-order valence-corrected chi connectivity index (χ0v) is 18.4. The Morgan fingerprint density at radius 1 is 0.968 bits per heavy atom. The summed E-state index contributed by atoms with van der Waals surface area (Å²) in [6.45, 7) is 3.48. The molecular formula is C25H32N2O4. The second-order valence-electron chi connectivity index (χ2n) is 7.78. The lowest BCUT2D eigenvalue weighted by Gasteiger charge is -2.16. The van der Waals surface area contributed by atoms with Crippen LogP contribution in [0.1, 0.15) is 44.6 Å². The molecule has 0 spiro atoms. The molecule has 2 aromatic rings. The number of benzene rings is 2. The molecule has 2 aromatic carbocycles. The minimum absolute atomic E-state index is 0.178. The number of carbonyl (C=O) groups excluding carboxylic acids is 2. The Bertz CT molecular complexity index is 849. The molecule has 1 fully saturated rings. The SMILES string of the molecule is CCCCCCOc1ccc(N2C(=O)CC(NCCc3ccc(OC)cc3)C2=O)cc1. The summed E-state index contributed by atoms with van der Waals surface area (Å²) < 4.78 is 10.9. The van der Waals surface area contributed by atoms with Gasteiger partial charge in [-0.2, -0.15) is 0 Å². The van der Waals surface area contributed by atoms with E-state index in [0.29, 0.717) is 18.8 Å². The normalized spacial score (nSPS) is 16.1. The average molecular weight is 425 g/mol. The second kappa shape index (κ2) is 11.5. The highest BCUT2D eigenvalue weighted by molar-refractivity contribution is 6.22. The number of unbranched alkanes of at least 4 members (excludes halogenated alkanes) is 3. The third-order valence-corrected chi connectivity index (χ3v) is 5.47. The Labute approximate surface area is 184 Å². The highest BCUT2D eigenvalue weighted by Gasteiger charge is 2.39. The van der Waals surface area contributed by atoms with E-state index >= 15 is 0 Å². The topological polar surface area (TPSA) is 67.9 Å². The summed E-state index contributed by atoms with van der Waals surface area (Å²) in [5, 5.41) is 3.23. The third kappa shape index (κ3) is 6.31. The molecule has 1 atom stereocenters. The van der Waals surface area contributed by atoms with Crippen molar-refractivity contribution >= 4 is 17.5 Å². The van der Waals surface area contributed by atoms with E-state index in [-0.39, 0.29) is 18.2 Å². The van der Waals surface area contributed by atoms with Crippen molar-refractivity contribution in [2.24, 2.45) is 0 Å². The lowest BCUT2D eigenvalue weighted by atomic mass is 10.1. The van der Waals surface area contributed by atoms with Gasteiger partial charge in [-0.25, -0.2) is 4.90 Å². The van der Waals surface area contributed by atoms with E-state index in [4.69, 9.17) is 9.47 Å². The van der Waals surface area contributed by atoms with Crippen LogP contribution in [0.15, 0.2) is 48.5 Å². The molecule has 1 heterocycles. The van der Waals surface area contributed by atoms with Crippen molar-refractivity contribution in [2.45, 2.75) is 51.5 Å². The molecule has 1 saturated heterocycles. The van der Waals surface area contributed by atoms with Gasteiger partial charge in [-0.3, -0.25) is 9.59 Å². The molecule has 2 amide bonds. The predicted molar refractivity (Wildman–Crippen MR) is 122 cm³/mol. The zero-order valence-electron chi connectivity index (χ0n) is 18.4. The zero-order chi connectivity index (χ0) is 22.1. The van der Waals surface area contributed by atoms with Gasteiger partial charge >= 0.3 is 0 Å². The van der Waals surface area contributed by atoms with Gasteiger partial charge in [0.05, 0.1) is 31.9 Å². The lowest BCUT2D eigenvalue weighted by Crippen LogP contribution is -2.39. The number of ether oxygens (including phenoxy) is 2. The van der Waals surface area contributed by atoms with E-state index in [9.17, 15) is 9.59 Å². The van der Waals surface area contributed by atoms with Gasteiger partial charge in [0.1, 0.15) is 11.5 Å². The highest BCUT2D eigenvalue weighted by atomic mass is 16.5. The minimum Gasteiger partial charge on any atom is -0.497 e. The summed E-state index contributed by atoms with van der Waals surface area (Å²) in [7, 11) is 1.64. The number of nitrogens with one attached hydrogen (secondary N) is 1. The smallest absolute Gasteiger partial charge is 0.251 e. The van der Waals surface area contributed by atoms with Crippen molar-refractivity contribution in [1.82, 2.24) is 5.32 Å². The van der Waals surface area contributed by atoms with Crippen molar-refractivity contribution < 1.29 is 19.1 Å². The number of nitrogens with zero attached hydrogens (tertiary/aromatic N) is 1. The Balaban J connectivity index is 1.48. The number of rotatable bonds is 12. The van der Waals surface area contributed by atoms with Crippen LogP contribution in [0.5, 0.6) is 11.5 Å². The number of hydrogen-bond acceptors (Lipinski definition) is 5. The molecule has 0 radical (unpaired) electrons. The molecule has 1 aliphatic heterocycles. The van der Waals surface area contributed by atoms with Gasteiger partial charge in [-0.15, -0.1) is 0 Å². The first-order valence-corrected chi connectivity index (χ1v) is 11.1. The van der Waals surface area contributed by atoms with Crippen LogP contribution in [0, 0.1) is 0 Å². The van der Waals surface area contributed by atoms with Crippen LogP contribution < -0.4 is 19.7 Å². The number of imide groups is 1. The fourth-order valence-electron chi connectivity index (χ4n) is 3.66. The second-order valence-corrected chi connectivity index (χ2v) is 7.78. The molecular weight excluding hydrogens is 392 g/mol. The monoisotopic (exact) mass is 424 g/mol. The molecule has 3 rings (SSSR count). The number of anilines is 1. The van der Waals surface area contributed by atoms with Crippen LogP contribution in [0.25, 0.3) is 0 Å². The number of amides is 2. The number of carbonyl (C=O) groups is 2. The molecule has 1 aliphatic rings. The first-order chi connectivity index (χ1) is 15.1. The fraction of sp³-hybridized carbons (Fsp3) is 0.440. The highest BCUT2D eigenvalue weighted by Crippen LogP contribution is 2.25. The van der Waals surface area contributed by atoms with E-state index < -0.39 is 6.04 Å². The molecule has 0 saturated carbocycles. The van der Waals surface area contributed by atoms with E-state index in [1.54, 1.807) is 19.2 Å². The van der Waals surface area contributed by atoms with Crippen LogP contribution in [0.2, 0.25) is 0 Å². The number of methoxy groups -OCH3 is 1. The summed E-state index contributed by atoms with van der Waals surface area (Å²) in [6.07, 6.45) is 5.56. The maximum absolute atomic E-state index is 12.8. The van der Waals surface area contributed by atoms with Crippen molar-refractivity contribution in [3.8, 4) is 11.5 Å². The molecule has 1 N–H and O–H groups in total. The standard InChI is InChI=1S/C25H32N2O4/c1-3-4-5-6-17-31-22-13-9-20(10-14-22)27-24(28)18-23(25(27)29)26-16-15-19-7-11-21(30-2)12-8-19/h7-14,23,26H,3-6,15-18H2,1-2H3. The van der Waals surface area contributed by atoms with Crippen LogP contribution in [0.3, 0.4) is 0 Å². The van der Waals surface area contributed by atoms with Gasteiger partial charge in [-0.05, 0) is 61.3 Å². The average Bonchev–Trinajstić information content (AvgIpc) is 3.07. The molecule has 6 heteroatoms. The van der Waals surface area contributed by atoms with Gasteiger partial charge in [0.2, 0.25) is 5.91 Å². The van der Waals surface area contributed by atoms with Crippen LogP contribution in [-0.4, -0.2) is 38.1 Å². The summed E-state index contributed by atoms with van der Waals surface area (Å²) in [4.78, 5) is 26.5. The fourth-order valence-corrected chi connectivity index (χ4v) is 3.66. The number of hydrogen-bond donors (Lipinski definition) is 1. The summed E-state index contributed by atoms with van der Waals surface area (Å²) in [6, 6.07) is 14.5. The van der Waals surface area contributed by atoms with Crippen molar-refractivity contribution in [3.63, 3.8) is 0 Å². The molecule has 166 valence electrons. The minimum atomic E-state index is -0.486. The molecule has 0 bridgehead atoms. The first-order valence-electron chi connectivity index (χ1n) is 11.1. The molecule has 0 aromatic heterocycles. The Hall–Kier alpha value is -2.86. The van der Waals surface area contributed by atoms with Gasteiger partial charge in [0.25, 0.3) is 5.91 Å². The summed E-state index contributed by atoms with van der Waals surface area (Å²) >= 11 is 0. The van der Waals surface area contributed by atoms with Gasteiger partial charge in [0, 0.05) is 0 Å². The largest absolute Gasteiger partial charge is 0.497 e. The quantitative estimate of drug-likeness (QED) is 0.410. The third-order valence-electron chi connectivity index (χ3n) is 5.47.